The summed E-state index contributed by atoms with van der Waals surface area (Å²) >= 11 is 0. The van der Waals surface area contributed by atoms with Crippen LogP contribution in [0.5, 0.6) is 0 Å². The Morgan fingerprint density at radius 3 is 2.77 bits per heavy atom. The Kier molecular flexibility index (Phi) is 4.20. The van der Waals surface area contributed by atoms with Crippen LogP contribution < -0.4 is 0 Å². The van der Waals surface area contributed by atoms with E-state index in [0.29, 0.717) is 5.54 Å². The Morgan fingerprint density at radius 2 is 2.15 bits per heavy atom. The quantitative estimate of drug-likeness (QED) is 0.653. The van der Waals surface area contributed by atoms with Gasteiger partial charge >= 0.3 is 0 Å². The van der Waals surface area contributed by atoms with Crippen LogP contribution >= 0.6 is 0 Å². The van der Waals surface area contributed by atoms with Crippen molar-refractivity contribution >= 4 is 0 Å². The fourth-order valence-corrected chi connectivity index (χ4v) is 2.18. The van der Waals surface area contributed by atoms with Gasteiger partial charge in [0.1, 0.15) is 0 Å². The van der Waals surface area contributed by atoms with E-state index in [1.54, 1.807) is 0 Å². The second-order valence-electron chi connectivity index (χ2n) is 4.22. The van der Waals surface area contributed by atoms with Crippen LogP contribution in [0.4, 0.5) is 0 Å². The summed E-state index contributed by atoms with van der Waals surface area (Å²) in [5.74, 6) is 0. The molecule has 1 atom stereocenters. The maximum Gasteiger partial charge on any atom is 0.0657 e. The van der Waals surface area contributed by atoms with E-state index in [4.69, 9.17) is 4.84 Å². The smallest absolute Gasteiger partial charge is 0.0657 e. The SMILES string of the molecule is CCCCC1(C)CCCN1OCC. The summed E-state index contributed by atoms with van der Waals surface area (Å²) in [5, 5.41) is 2.21. The van der Waals surface area contributed by atoms with Crippen LogP contribution in [0.15, 0.2) is 0 Å². The molecule has 1 aliphatic rings. The second kappa shape index (κ2) is 4.97. The van der Waals surface area contributed by atoms with E-state index < -0.39 is 0 Å². The van der Waals surface area contributed by atoms with Gasteiger partial charge < -0.3 is 0 Å². The zero-order valence-electron chi connectivity index (χ0n) is 9.31. The summed E-state index contributed by atoms with van der Waals surface area (Å²) in [7, 11) is 0. The first-order valence-corrected chi connectivity index (χ1v) is 5.63. The summed E-state index contributed by atoms with van der Waals surface area (Å²) in [6.07, 6.45) is 6.48. The van der Waals surface area contributed by atoms with Crippen LogP contribution in [0.1, 0.15) is 52.9 Å². The number of hydroxylamine groups is 2. The summed E-state index contributed by atoms with van der Waals surface area (Å²) in [4.78, 5) is 5.65. The van der Waals surface area contributed by atoms with E-state index in [9.17, 15) is 0 Å². The number of hydrogen-bond acceptors (Lipinski definition) is 2. The van der Waals surface area contributed by atoms with E-state index in [1.807, 2.05) is 0 Å². The molecule has 0 aromatic rings. The molecule has 13 heavy (non-hydrogen) atoms. The molecular formula is C11H23NO. The van der Waals surface area contributed by atoms with Gasteiger partial charge in [-0.25, -0.2) is 0 Å². The maximum absolute atomic E-state index is 5.65. The third-order valence-corrected chi connectivity index (χ3v) is 3.03. The molecule has 0 aliphatic carbocycles. The van der Waals surface area contributed by atoms with Crippen molar-refractivity contribution in [1.82, 2.24) is 5.06 Å². The Bertz CT molecular complexity index is 149. The van der Waals surface area contributed by atoms with Crippen LogP contribution in [0.25, 0.3) is 0 Å². The maximum atomic E-state index is 5.65. The van der Waals surface area contributed by atoms with Crippen molar-refractivity contribution in [2.24, 2.45) is 0 Å². The fourth-order valence-electron chi connectivity index (χ4n) is 2.18. The molecule has 0 N–H and O–H groups in total. The molecule has 1 unspecified atom stereocenters. The van der Waals surface area contributed by atoms with E-state index in [-0.39, 0.29) is 0 Å². The average molecular weight is 185 g/mol. The van der Waals surface area contributed by atoms with Crippen molar-refractivity contribution in [3.63, 3.8) is 0 Å². The molecule has 1 heterocycles. The van der Waals surface area contributed by atoms with Crippen molar-refractivity contribution in [2.75, 3.05) is 13.2 Å². The summed E-state index contributed by atoms with van der Waals surface area (Å²) in [6, 6.07) is 0. The Hall–Kier alpha value is -0.0800. The molecule has 0 aromatic heterocycles. The minimum absolute atomic E-state index is 0.325. The molecule has 0 saturated carbocycles. The van der Waals surface area contributed by atoms with Gasteiger partial charge in [0.2, 0.25) is 0 Å². The highest BCUT2D eigenvalue weighted by Gasteiger charge is 2.36. The molecule has 2 nitrogen and oxygen atoms in total. The molecule has 1 rings (SSSR count). The second-order valence-corrected chi connectivity index (χ2v) is 4.22. The fraction of sp³-hybridized carbons (Fsp3) is 1.00. The topological polar surface area (TPSA) is 12.5 Å². The molecule has 1 aliphatic heterocycles. The molecule has 0 aromatic carbocycles. The van der Waals surface area contributed by atoms with Crippen molar-refractivity contribution in [1.29, 1.82) is 0 Å². The number of nitrogens with zero attached hydrogens (tertiary/aromatic N) is 1. The third-order valence-electron chi connectivity index (χ3n) is 3.03. The van der Waals surface area contributed by atoms with Gasteiger partial charge in [-0.3, -0.25) is 4.84 Å². The zero-order chi connectivity index (χ0) is 9.73. The highest BCUT2D eigenvalue weighted by molar-refractivity contribution is 4.87. The lowest BCUT2D eigenvalue weighted by atomic mass is 9.93. The van der Waals surface area contributed by atoms with Crippen molar-refractivity contribution in [3.05, 3.63) is 0 Å². The number of hydrogen-bond donors (Lipinski definition) is 0. The number of rotatable bonds is 5. The average Bonchev–Trinajstić information content (AvgIpc) is 2.46. The van der Waals surface area contributed by atoms with Crippen LogP contribution in [0, 0.1) is 0 Å². The normalized spacial score (nSPS) is 29.8. The Balaban J connectivity index is 2.43. The van der Waals surface area contributed by atoms with E-state index in [1.165, 1.54) is 32.1 Å². The van der Waals surface area contributed by atoms with Crippen LogP contribution in [-0.2, 0) is 4.84 Å². The summed E-state index contributed by atoms with van der Waals surface area (Å²) in [6.45, 7) is 8.59. The van der Waals surface area contributed by atoms with Gasteiger partial charge in [-0.1, -0.05) is 19.8 Å². The van der Waals surface area contributed by atoms with Crippen LogP contribution in [-0.4, -0.2) is 23.8 Å². The zero-order valence-corrected chi connectivity index (χ0v) is 9.31. The van der Waals surface area contributed by atoms with E-state index in [2.05, 4.69) is 25.8 Å². The van der Waals surface area contributed by atoms with Crippen molar-refractivity contribution in [2.45, 2.75) is 58.4 Å². The molecule has 0 radical (unpaired) electrons. The molecule has 0 bridgehead atoms. The van der Waals surface area contributed by atoms with Gasteiger partial charge in [-0.2, -0.15) is 5.06 Å². The molecular weight excluding hydrogens is 162 g/mol. The van der Waals surface area contributed by atoms with E-state index >= 15 is 0 Å². The highest BCUT2D eigenvalue weighted by atomic mass is 16.7. The minimum atomic E-state index is 0.325. The Labute approximate surface area is 82.2 Å². The summed E-state index contributed by atoms with van der Waals surface area (Å²) in [5.41, 5.74) is 0.325. The Morgan fingerprint density at radius 1 is 1.38 bits per heavy atom. The third kappa shape index (κ3) is 2.68. The van der Waals surface area contributed by atoms with Gasteiger partial charge in [0.15, 0.2) is 0 Å². The first-order chi connectivity index (χ1) is 6.23. The molecule has 2 heteroatoms. The molecule has 0 amide bonds. The van der Waals surface area contributed by atoms with Gasteiger partial charge in [-0.05, 0) is 33.1 Å². The molecule has 1 fully saturated rings. The van der Waals surface area contributed by atoms with Crippen LogP contribution in [0.2, 0.25) is 0 Å². The number of unbranched alkanes of at least 4 members (excludes halogenated alkanes) is 1. The first-order valence-electron chi connectivity index (χ1n) is 5.63. The molecule has 1 saturated heterocycles. The monoisotopic (exact) mass is 185 g/mol. The lowest BCUT2D eigenvalue weighted by Gasteiger charge is -2.34. The van der Waals surface area contributed by atoms with Gasteiger partial charge in [-0.15, -0.1) is 0 Å². The van der Waals surface area contributed by atoms with Gasteiger partial charge in [0.25, 0.3) is 0 Å². The van der Waals surface area contributed by atoms with Gasteiger partial charge in [0.05, 0.1) is 6.61 Å². The summed E-state index contributed by atoms with van der Waals surface area (Å²) < 4.78 is 0. The predicted molar refractivity (Wildman–Crippen MR) is 55.5 cm³/mol. The van der Waals surface area contributed by atoms with E-state index in [0.717, 1.165) is 13.2 Å². The van der Waals surface area contributed by atoms with Gasteiger partial charge in [0, 0.05) is 12.1 Å². The largest absolute Gasteiger partial charge is 0.299 e. The van der Waals surface area contributed by atoms with Crippen molar-refractivity contribution < 1.29 is 4.84 Å². The molecule has 78 valence electrons. The molecule has 0 spiro atoms. The van der Waals surface area contributed by atoms with Crippen molar-refractivity contribution in [3.8, 4) is 0 Å². The highest BCUT2D eigenvalue weighted by Crippen LogP contribution is 2.33. The first kappa shape index (κ1) is 11.0. The van der Waals surface area contributed by atoms with Crippen LogP contribution in [0.3, 0.4) is 0 Å². The predicted octanol–water partition coefficient (Wildman–Crippen LogP) is 2.98. The lowest BCUT2D eigenvalue weighted by Crippen LogP contribution is -2.40. The minimum Gasteiger partial charge on any atom is -0.299 e. The standard InChI is InChI=1S/C11H23NO/c1-4-6-8-11(3)9-7-10-12(11)13-5-2/h4-10H2,1-3H3. The lowest BCUT2D eigenvalue weighted by molar-refractivity contribution is -0.197.